The van der Waals surface area contributed by atoms with Gasteiger partial charge in [0.1, 0.15) is 5.82 Å². The average Bonchev–Trinajstić information content (AvgIpc) is 2.45. The molecule has 1 aliphatic rings. The lowest BCUT2D eigenvalue weighted by Gasteiger charge is -2.34. The highest BCUT2D eigenvalue weighted by atomic mass is 19.1. The predicted molar refractivity (Wildman–Crippen MR) is 80.5 cm³/mol. The molecule has 1 heterocycles. The lowest BCUT2D eigenvalue weighted by atomic mass is 10.1. The lowest BCUT2D eigenvalue weighted by molar-refractivity contribution is -0.131. The molecule has 0 bridgehead atoms. The number of halogens is 1. The largest absolute Gasteiger partial charge is 0.478 e. The standard InChI is InChI=1S/C16H21FN2O2/c1-2-18-5-7-19(8-6-18)12-14-9-13(3-4-16(20)21)10-15(17)11-14/h3-4,9-11H,2,5-8,12H2,1H3,(H,20,21). The van der Waals surface area contributed by atoms with Crippen LogP contribution in [0.15, 0.2) is 24.3 Å². The second-order valence-electron chi connectivity index (χ2n) is 5.27. The summed E-state index contributed by atoms with van der Waals surface area (Å²) in [4.78, 5) is 15.2. The SMILES string of the molecule is CCN1CCN(Cc2cc(F)cc(C=CC(=O)O)c2)CC1. The molecular weight excluding hydrogens is 271 g/mol. The van der Waals surface area contributed by atoms with Crippen molar-refractivity contribution in [1.82, 2.24) is 9.80 Å². The first kappa shape index (κ1) is 15.7. The zero-order chi connectivity index (χ0) is 15.2. The van der Waals surface area contributed by atoms with Gasteiger partial charge in [-0.1, -0.05) is 13.0 Å². The molecule has 1 aromatic rings. The number of carbonyl (C=O) groups is 1. The van der Waals surface area contributed by atoms with Gasteiger partial charge in [0.05, 0.1) is 0 Å². The first-order chi connectivity index (χ1) is 10.1. The van der Waals surface area contributed by atoms with Crippen molar-refractivity contribution in [2.24, 2.45) is 0 Å². The summed E-state index contributed by atoms with van der Waals surface area (Å²) in [6.07, 6.45) is 2.45. The molecular formula is C16H21FN2O2. The number of aliphatic carboxylic acids is 1. The number of carboxylic acid groups (broad SMARTS) is 1. The summed E-state index contributed by atoms with van der Waals surface area (Å²) in [6, 6.07) is 4.71. The van der Waals surface area contributed by atoms with Crippen LogP contribution in [0.4, 0.5) is 4.39 Å². The summed E-state index contributed by atoms with van der Waals surface area (Å²) in [6.45, 7) is 7.95. The molecule has 1 aromatic carbocycles. The molecule has 0 atom stereocenters. The lowest BCUT2D eigenvalue weighted by Crippen LogP contribution is -2.45. The Morgan fingerprint density at radius 3 is 2.52 bits per heavy atom. The third kappa shape index (κ3) is 4.95. The Balaban J connectivity index is 2.01. The number of hydrogen-bond donors (Lipinski definition) is 1. The van der Waals surface area contributed by atoms with Crippen molar-refractivity contribution in [2.45, 2.75) is 13.5 Å². The van der Waals surface area contributed by atoms with E-state index < -0.39 is 5.97 Å². The first-order valence-corrected chi connectivity index (χ1v) is 7.22. The fraction of sp³-hybridized carbons (Fsp3) is 0.438. The van der Waals surface area contributed by atoms with Crippen molar-refractivity contribution in [2.75, 3.05) is 32.7 Å². The van der Waals surface area contributed by atoms with Crippen molar-refractivity contribution >= 4 is 12.0 Å². The summed E-state index contributed by atoms with van der Waals surface area (Å²) in [7, 11) is 0. The Hall–Kier alpha value is -1.72. The van der Waals surface area contributed by atoms with E-state index in [-0.39, 0.29) is 5.82 Å². The van der Waals surface area contributed by atoms with E-state index in [1.54, 1.807) is 0 Å². The van der Waals surface area contributed by atoms with Gasteiger partial charge in [0.2, 0.25) is 0 Å². The van der Waals surface area contributed by atoms with E-state index in [0.717, 1.165) is 44.4 Å². The first-order valence-electron chi connectivity index (χ1n) is 7.22. The van der Waals surface area contributed by atoms with E-state index >= 15 is 0 Å². The molecule has 1 saturated heterocycles. The zero-order valence-electron chi connectivity index (χ0n) is 12.3. The molecule has 2 rings (SSSR count). The summed E-state index contributed by atoms with van der Waals surface area (Å²) >= 11 is 0. The molecule has 114 valence electrons. The minimum atomic E-state index is -1.03. The van der Waals surface area contributed by atoms with E-state index in [9.17, 15) is 9.18 Å². The maximum Gasteiger partial charge on any atom is 0.328 e. The monoisotopic (exact) mass is 292 g/mol. The van der Waals surface area contributed by atoms with Gasteiger partial charge >= 0.3 is 5.97 Å². The average molecular weight is 292 g/mol. The van der Waals surface area contributed by atoms with Crippen molar-refractivity contribution in [3.05, 3.63) is 41.2 Å². The highest BCUT2D eigenvalue weighted by Crippen LogP contribution is 2.14. The van der Waals surface area contributed by atoms with E-state index in [1.807, 2.05) is 6.07 Å². The van der Waals surface area contributed by atoms with Crippen molar-refractivity contribution in [3.8, 4) is 0 Å². The van der Waals surface area contributed by atoms with Crippen molar-refractivity contribution in [3.63, 3.8) is 0 Å². The number of nitrogens with zero attached hydrogens (tertiary/aromatic N) is 2. The second-order valence-corrected chi connectivity index (χ2v) is 5.27. The Labute approximate surface area is 124 Å². The smallest absolute Gasteiger partial charge is 0.328 e. The Morgan fingerprint density at radius 1 is 1.24 bits per heavy atom. The highest BCUT2D eigenvalue weighted by Gasteiger charge is 2.15. The van der Waals surface area contributed by atoms with Gasteiger partial charge in [-0.2, -0.15) is 0 Å². The highest BCUT2D eigenvalue weighted by molar-refractivity contribution is 5.85. The maximum absolute atomic E-state index is 13.6. The van der Waals surface area contributed by atoms with Gasteiger partial charge in [-0.25, -0.2) is 9.18 Å². The molecule has 5 heteroatoms. The Bertz CT molecular complexity index is 523. The van der Waals surface area contributed by atoms with Crippen molar-refractivity contribution in [1.29, 1.82) is 0 Å². The topological polar surface area (TPSA) is 43.8 Å². The number of piperazine rings is 1. The van der Waals surface area contributed by atoms with E-state index in [4.69, 9.17) is 5.11 Å². The van der Waals surface area contributed by atoms with E-state index in [1.165, 1.54) is 18.2 Å². The predicted octanol–water partition coefficient (Wildman–Crippen LogP) is 2.06. The van der Waals surface area contributed by atoms with Crippen LogP contribution in [0.25, 0.3) is 6.08 Å². The number of benzene rings is 1. The number of hydrogen-bond acceptors (Lipinski definition) is 3. The summed E-state index contributed by atoms with van der Waals surface area (Å²) in [5.41, 5.74) is 1.46. The van der Waals surface area contributed by atoms with Crippen LogP contribution in [0, 0.1) is 5.82 Å². The van der Waals surface area contributed by atoms with Gasteiger partial charge < -0.3 is 10.0 Å². The molecule has 0 aliphatic carbocycles. The van der Waals surface area contributed by atoms with Crippen LogP contribution in [0.3, 0.4) is 0 Å². The molecule has 0 amide bonds. The van der Waals surface area contributed by atoms with Crippen LogP contribution in [-0.2, 0) is 11.3 Å². The van der Waals surface area contributed by atoms with Crippen LogP contribution < -0.4 is 0 Å². The minimum absolute atomic E-state index is 0.329. The maximum atomic E-state index is 13.6. The van der Waals surface area contributed by atoms with E-state index in [0.29, 0.717) is 12.1 Å². The molecule has 21 heavy (non-hydrogen) atoms. The number of carboxylic acids is 1. The summed E-state index contributed by atoms with van der Waals surface area (Å²) in [5.74, 6) is -1.36. The fourth-order valence-corrected chi connectivity index (χ4v) is 2.55. The third-order valence-corrected chi connectivity index (χ3v) is 3.72. The summed E-state index contributed by atoms with van der Waals surface area (Å²) in [5, 5.41) is 8.63. The fourth-order valence-electron chi connectivity index (χ4n) is 2.55. The molecule has 1 fully saturated rings. The second kappa shape index (κ2) is 7.33. The van der Waals surface area contributed by atoms with Gasteiger partial charge in [-0.3, -0.25) is 4.90 Å². The van der Waals surface area contributed by atoms with Crippen LogP contribution in [0.2, 0.25) is 0 Å². The quantitative estimate of drug-likeness (QED) is 0.844. The minimum Gasteiger partial charge on any atom is -0.478 e. The molecule has 1 aliphatic heterocycles. The molecule has 4 nitrogen and oxygen atoms in total. The Morgan fingerprint density at radius 2 is 1.90 bits per heavy atom. The Kier molecular flexibility index (Phi) is 5.47. The van der Waals surface area contributed by atoms with Crippen molar-refractivity contribution < 1.29 is 14.3 Å². The van der Waals surface area contributed by atoms with Crippen LogP contribution >= 0.6 is 0 Å². The molecule has 0 spiro atoms. The van der Waals surface area contributed by atoms with Gasteiger partial charge in [-0.15, -0.1) is 0 Å². The number of rotatable bonds is 5. The van der Waals surface area contributed by atoms with Gasteiger partial charge in [-0.05, 0) is 35.9 Å². The third-order valence-electron chi connectivity index (χ3n) is 3.72. The van der Waals surface area contributed by atoms with Gasteiger partial charge in [0, 0.05) is 38.8 Å². The van der Waals surface area contributed by atoms with Crippen LogP contribution in [0.5, 0.6) is 0 Å². The molecule has 1 N–H and O–H groups in total. The normalized spacial score (nSPS) is 17.4. The van der Waals surface area contributed by atoms with Gasteiger partial charge in [0.25, 0.3) is 0 Å². The number of likely N-dealkylation sites (N-methyl/N-ethyl adjacent to an activating group) is 1. The molecule has 0 saturated carbocycles. The van der Waals surface area contributed by atoms with E-state index in [2.05, 4.69) is 16.7 Å². The molecule has 0 unspecified atom stereocenters. The molecule has 0 radical (unpaired) electrons. The summed E-state index contributed by atoms with van der Waals surface area (Å²) < 4.78 is 13.6. The van der Waals surface area contributed by atoms with Crippen LogP contribution in [-0.4, -0.2) is 53.6 Å². The zero-order valence-corrected chi connectivity index (χ0v) is 12.3. The van der Waals surface area contributed by atoms with Crippen LogP contribution in [0.1, 0.15) is 18.1 Å². The van der Waals surface area contributed by atoms with Gasteiger partial charge in [0.15, 0.2) is 0 Å². The molecule has 0 aromatic heterocycles.